The summed E-state index contributed by atoms with van der Waals surface area (Å²) in [4.78, 5) is 22.5. The van der Waals surface area contributed by atoms with Crippen LogP contribution in [0.3, 0.4) is 0 Å². The van der Waals surface area contributed by atoms with E-state index in [0.29, 0.717) is 17.5 Å². The molecule has 150 valence electrons. The Bertz CT molecular complexity index is 1100. The maximum Gasteiger partial charge on any atom is 0.316 e. The van der Waals surface area contributed by atoms with E-state index in [4.69, 9.17) is 10.00 Å². The average molecular weight is 412 g/mol. The van der Waals surface area contributed by atoms with Crippen LogP contribution < -0.4 is 4.74 Å². The van der Waals surface area contributed by atoms with Gasteiger partial charge in [-0.05, 0) is 37.6 Å². The third-order valence-electron chi connectivity index (χ3n) is 5.73. The molecule has 2 aliphatic rings. The number of hydrogen-bond donors (Lipinski definition) is 0. The summed E-state index contributed by atoms with van der Waals surface area (Å²) in [6.45, 7) is 2.28. The van der Waals surface area contributed by atoms with Gasteiger partial charge in [-0.3, -0.25) is 4.79 Å². The van der Waals surface area contributed by atoms with E-state index >= 15 is 0 Å². The van der Waals surface area contributed by atoms with Crippen LogP contribution in [-0.2, 0) is 9.84 Å². The van der Waals surface area contributed by atoms with E-state index in [2.05, 4.69) is 9.97 Å². The summed E-state index contributed by atoms with van der Waals surface area (Å²) in [7, 11) is -3.34. The largest absolute Gasteiger partial charge is 0.463 e. The van der Waals surface area contributed by atoms with E-state index < -0.39 is 14.6 Å². The minimum atomic E-state index is -3.34. The van der Waals surface area contributed by atoms with E-state index in [9.17, 15) is 13.2 Å². The number of ether oxygens (including phenoxy) is 1. The predicted octanol–water partition coefficient (Wildman–Crippen LogP) is 1.36. The zero-order valence-corrected chi connectivity index (χ0v) is 16.7. The molecule has 2 aliphatic heterocycles. The van der Waals surface area contributed by atoms with Crippen molar-refractivity contribution in [3.05, 3.63) is 53.3 Å². The molecule has 1 aromatic carbocycles. The van der Waals surface area contributed by atoms with Crippen LogP contribution in [0.2, 0.25) is 0 Å². The molecule has 2 aromatic rings. The van der Waals surface area contributed by atoms with Crippen molar-refractivity contribution in [2.75, 3.05) is 25.4 Å². The molecule has 0 radical (unpaired) electrons. The van der Waals surface area contributed by atoms with Crippen molar-refractivity contribution in [1.82, 2.24) is 14.9 Å². The third kappa shape index (κ3) is 3.34. The third-order valence-corrected chi connectivity index (χ3v) is 8.33. The zero-order chi connectivity index (χ0) is 20.6. The number of hydrogen-bond acceptors (Lipinski definition) is 7. The minimum absolute atomic E-state index is 0.0850. The number of amides is 1. The van der Waals surface area contributed by atoms with E-state index in [1.807, 2.05) is 13.0 Å². The molecule has 2 fully saturated rings. The Kier molecular flexibility index (Phi) is 4.74. The van der Waals surface area contributed by atoms with Crippen molar-refractivity contribution in [3.8, 4) is 12.1 Å². The fraction of sp³-hybridized carbons (Fsp3) is 0.400. The number of carbonyl (C=O) groups excluding carboxylic acids is 1. The highest BCUT2D eigenvalue weighted by Crippen LogP contribution is 2.45. The van der Waals surface area contributed by atoms with Crippen LogP contribution in [0.5, 0.6) is 6.01 Å². The molecule has 3 heterocycles. The minimum Gasteiger partial charge on any atom is -0.463 e. The first-order valence-electron chi connectivity index (χ1n) is 9.29. The quantitative estimate of drug-likeness (QED) is 0.745. The molecular formula is C20H20N4O4S. The molecule has 2 saturated heterocycles. The molecule has 9 heteroatoms. The van der Waals surface area contributed by atoms with Crippen molar-refractivity contribution < 1.29 is 17.9 Å². The lowest BCUT2D eigenvalue weighted by molar-refractivity contribution is 0.0403. The van der Waals surface area contributed by atoms with Gasteiger partial charge < -0.3 is 9.64 Å². The van der Waals surface area contributed by atoms with Crippen LogP contribution in [0.4, 0.5) is 0 Å². The molecule has 8 nitrogen and oxygen atoms in total. The van der Waals surface area contributed by atoms with E-state index in [1.165, 1.54) is 11.0 Å². The number of aryl methyl sites for hydroxylation is 1. The molecule has 0 aliphatic carbocycles. The summed E-state index contributed by atoms with van der Waals surface area (Å²) < 4.78 is 30.3. The zero-order valence-electron chi connectivity index (χ0n) is 15.9. The molecule has 0 N–H and O–H groups in total. The smallest absolute Gasteiger partial charge is 0.316 e. The molecule has 1 spiro atoms. The van der Waals surface area contributed by atoms with Crippen LogP contribution in [-0.4, -0.2) is 59.4 Å². The monoisotopic (exact) mass is 412 g/mol. The molecule has 29 heavy (non-hydrogen) atoms. The number of likely N-dealkylation sites (tertiary alicyclic amines) is 1. The summed E-state index contributed by atoms with van der Waals surface area (Å²) in [6.07, 6.45) is 2.08. The predicted molar refractivity (Wildman–Crippen MR) is 104 cm³/mol. The van der Waals surface area contributed by atoms with E-state index in [0.717, 1.165) is 5.69 Å². The molecule has 0 unspecified atom stereocenters. The topological polar surface area (TPSA) is 113 Å². The number of aromatic nitrogens is 2. The first-order chi connectivity index (χ1) is 13.8. The van der Waals surface area contributed by atoms with Crippen molar-refractivity contribution in [3.63, 3.8) is 0 Å². The van der Waals surface area contributed by atoms with Gasteiger partial charge in [-0.15, -0.1) is 0 Å². The number of sulfone groups is 1. The first kappa shape index (κ1) is 19.3. The van der Waals surface area contributed by atoms with Gasteiger partial charge in [0, 0.05) is 36.5 Å². The maximum absolute atomic E-state index is 12.8. The highest BCUT2D eigenvalue weighted by Gasteiger charge is 2.62. The van der Waals surface area contributed by atoms with Crippen molar-refractivity contribution in [1.29, 1.82) is 5.26 Å². The normalized spacial score (nSPS) is 21.4. The van der Waals surface area contributed by atoms with Gasteiger partial charge in [0.2, 0.25) is 0 Å². The van der Waals surface area contributed by atoms with Gasteiger partial charge in [0.05, 0.1) is 24.0 Å². The summed E-state index contributed by atoms with van der Waals surface area (Å²) in [5.74, 6) is -0.413. The Morgan fingerprint density at radius 2 is 2.17 bits per heavy atom. The first-order valence-corrected chi connectivity index (χ1v) is 10.9. The summed E-state index contributed by atoms with van der Waals surface area (Å²) in [6, 6.07) is 10.4. The standard InChI is InChI=1S/C20H20N4O4S/c1-14-5-7-22-19(23-14)28-11-17-6-8-29(26,27)20(17)12-24(13-20)18(25)16-4-2-3-15(9-16)10-21/h2-5,7,9,17H,6,8,11-13H2,1H3/t17-/m1/s1. The Labute approximate surface area is 169 Å². The van der Waals surface area contributed by atoms with Crippen LogP contribution in [0, 0.1) is 24.2 Å². The number of carbonyl (C=O) groups is 1. The van der Waals surface area contributed by atoms with Gasteiger partial charge in [0.15, 0.2) is 9.84 Å². The van der Waals surface area contributed by atoms with Crippen LogP contribution in [0.25, 0.3) is 0 Å². The van der Waals surface area contributed by atoms with Gasteiger partial charge in [-0.2, -0.15) is 5.26 Å². The van der Waals surface area contributed by atoms with Crippen molar-refractivity contribution in [2.24, 2.45) is 5.92 Å². The molecule has 1 aromatic heterocycles. The second-order valence-electron chi connectivity index (χ2n) is 7.51. The van der Waals surface area contributed by atoms with Crippen LogP contribution in [0.1, 0.15) is 28.0 Å². The number of nitrogens with zero attached hydrogens (tertiary/aromatic N) is 4. The SMILES string of the molecule is Cc1ccnc(OC[C@H]2CCS(=O)(=O)C23CN(C(=O)c2cccc(C#N)c2)C3)n1. The molecule has 1 amide bonds. The van der Waals surface area contributed by atoms with E-state index in [1.54, 1.807) is 30.5 Å². The molecule has 4 rings (SSSR count). The lowest BCUT2D eigenvalue weighted by Gasteiger charge is -2.49. The molecule has 0 bridgehead atoms. The highest BCUT2D eigenvalue weighted by molar-refractivity contribution is 7.93. The average Bonchev–Trinajstić information content (AvgIpc) is 2.95. The fourth-order valence-corrected chi connectivity index (χ4v) is 6.43. The maximum atomic E-state index is 12.8. The number of rotatable bonds is 4. The second-order valence-corrected chi connectivity index (χ2v) is 9.97. The van der Waals surface area contributed by atoms with Gasteiger partial charge in [0.25, 0.3) is 5.91 Å². The van der Waals surface area contributed by atoms with Gasteiger partial charge >= 0.3 is 6.01 Å². The fourth-order valence-electron chi connectivity index (χ4n) is 4.03. The van der Waals surface area contributed by atoms with Crippen LogP contribution in [0.15, 0.2) is 36.5 Å². The van der Waals surface area contributed by atoms with Crippen molar-refractivity contribution in [2.45, 2.75) is 18.1 Å². The second kappa shape index (κ2) is 7.12. The number of nitriles is 1. The Balaban J connectivity index is 1.48. The summed E-state index contributed by atoms with van der Waals surface area (Å²) in [5.41, 5.74) is 1.54. The Hall–Kier alpha value is -2.99. The molecule has 1 atom stereocenters. The van der Waals surface area contributed by atoms with Gasteiger partial charge in [0.1, 0.15) is 4.75 Å². The highest BCUT2D eigenvalue weighted by atomic mass is 32.2. The summed E-state index contributed by atoms with van der Waals surface area (Å²) >= 11 is 0. The van der Waals surface area contributed by atoms with E-state index in [-0.39, 0.29) is 43.3 Å². The number of benzene rings is 1. The Morgan fingerprint density at radius 1 is 1.38 bits per heavy atom. The summed E-state index contributed by atoms with van der Waals surface area (Å²) in [5, 5.41) is 9.02. The van der Waals surface area contributed by atoms with Crippen LogP contribution >= 0.6 is 0 Å². The lowest BCUT2D eigenvalue weighted by atomic mass is 9.83. The van der Waals surface area contributed by atoms with Gasteiger partial charge in [-0.25, -0.2) is 18.4 Å². The van der Waals surface area contributed by atoms with Crippen molar-refractivity contribution >= 4 is 15.7 Å². The molecular weight excluding hydrogens is 392 g/mol. The Morgan fingerprint density at radius 3 is 2.90 bits per heavy atom. The lowest BCUT2D eigenvalue weighted by Crippen LogP contribution is -2.68. The molecule has 0 saturated carbocycles. The van der Waals surface area contributed by atoms with Gasteiger partial charge in [-0.1, -0.05) is 6.07 Å².